The zero-order chi connectivity index (χ0) is 17.2. The molecular weight excluding hydrogens is 318 g/mol. The maximum absolute atomic E-state index is 12.6. The molecule has 2 amide bonds. The van der Waals surface area contributed by atoms with Gasteiger partial charge in [0.25, 0.3) is 5.91 Å². The molecule has 2 heterocycles. The Balaban J connectivity index is 1.61. The Bertz CT molecular complexity index is 958. The normalized spacial score (nSPS) is 17.4. The summed E-state index contributed by atoms with van der Waals surface area (Å²) in [4.78, 5) is 25.8. The number of amides is 2. The molecule has 1 atom stereocenters. The van der Waals surface area contributed by atoms with Crippen LogP contribution in [0.1, 0.15) is 17.2 Å². The molecule has 1 fully saturated rings. The van der Waals surface area contributed by atoms with Gasteiger partial charge in [-0.15, -0.1) is 0 Å². The lowest BCUT2D eigenvalue weighted by Crippen LogP contribution is -2.32. The molecule has 0 saturated carbocycles. The first-order valence-corrected chi connectivity index (χ1v) is 7.93. The number of hydrogen-bond donors (Lipinski definition) is 0. The zero-order valence-corrected chi connectivity index (χ0v) is 13.3. The summed E-state index contributed by atoms with van der Waals surface area (Å²) in [5, 5.41) is 0.956. The second-order valence-corrected chi connectivity index (χ2v) is 5.73. The van der Waals surface area contributed by atoms with Crippen molar-refractivity contribution >= 4 is 29.0 Å². The topological polar surface area (TPSA) is 59.8 Å². The fourth-order valence-electron chi connectivity index (χ4n) is 2.97. The van der Waals surface area contributed by atoms with Crippen LogP contribution in [0, 0.1) is 0 Å². The molecule has 0 spiro atoms. The Morgan fingerprint density at radius 3 is 2.76 bits per heavy atom. The molecule has 5 heteroatoms. The minimum absolute atomic E-state index is 0.163. The molecule has 0 radical (unpaired) electrons. The van der Waals surface area contributed by atoms with Crippen LogP contribution in [0.15, 0.2) is 71.4 Å². The van der Waals surface area contributed by atoms with Gasteiger partial charge in [0, 0.05) is 17.0 Å². The van der Waals surface area contributed by atoms with Crippen molar-refractivity contribution in [1.82, 2.24) is 4.90 Å². The summed E-state index contributed by atoms with van der Waals surface area (Å²) in [6.45, 7) is 0.163. The van der Waals surface area contributed by atoms with E-state index in [0.717, 1.165) is 21.4 Å². The van der Waals surface area contributed by atoms with E-state index in [9.17, 15) is 9.59 Å². The zero-order valence-electron chi connectivity index (χ0n) is 13.3. The number of nitrogens with zero attached hydrogens (tertiary/aromatic N) is 1. The summed E-state index contributed by atoms with van der Waals surface area (Å²) < 4.78 is 10.5. The molecule has 124 valence electrons. The molecule has 0 N–H and O–H groups in total. The molecule has 2 aromatic carbocycles. The van der Waals surface area contributed by atoms with Crippen LogP contribution in [-0.2, 0) is 9.53 Å². The third-order valence-electron chi connectivity index (χ3n) is 4.21. The van der Waals surface area contributed by atoms with Gasteiger partial charge in [0.15, 0.2) is 0 Å². The van der Waals surface area contributed by atoms with Crippen molar-refractivity contribution in [2.45, 2.75) is 6.04 Å². The van der Waals surface area contributed by atoms with Crippen LogP contribution >= 0.6 is 0 Å². The minimum Gasteiger partial charge on any atom is -0.464 e. The average molecular weight is 333 g/mol. The number of ether oxygens (including phenoxy) is 1. The summed E-state index contributed by atoms with van der Waals surface area (Å²) in [7, 11) is 0. The number of cyclic esters (lactones) is 1. The highest BCUT2D eigenvalue weighted by Gasteiger charge is 2.37. The summed E-state index contributed by atoms with van der Waals surface area (Å²) in [5.41, 5.74) is 2.35. The number of carbonyl (C=O) groups is 2. The number of furan rings is 1. The lowest BCUT2D eigenvalue weighted by molar-refractivity contribution is -0.124. The van der Waals surface area contributed by atoms with Crippen LogP contribution in [0.3, 0.4) is 0 Å². The van der Waals surface area contributed by atoms with Gasteiger partial charge in [-0.1, -0.05) is 48.5 Å². The smallest absolute Gasteiger partial charge is 0.417 e. The van der Waals surface area contributed by atoms with Crippen LogP contribution in [-0.4, -0.2) is 23.5 Å². The first-order valence-electron chi connectivity index (χ1n) is 7.93. The molecule has 1 saturated heterocycles. The van der Waals surface area contributed by atoms with E-state index in [0.29, 0.717) is 5.58 Å². The van der Waals surface area contributed by atoms with Crippen LogP contribution in [0.2, 0.25) is 0 Å². The highest BCUT2D eigenvalue weighted by atomic mass is 16.6. The summed E-state index contributed by atoms with van der Waals surface area (Å²) in [6, 6.07) is 16.5. The fraction of sp³-hybridized carbons (Fsp3) is 0.100. The molecule has 0 aliphatic carbocycles. The highest BCUT2D eigenvalue weighted by molar-refractivity contribution is 6.03. The second-order valence-electron chi connectivity index (χ2n) is 5.73. The molecule has 25 heavy (non-hydrogen) atoms. The van der Waals surface area contributed by atoms with Crippen LogP contribution in [0.4, 0.5) is 4.79 Å². The van der Waals surface area contributed by atoms with Gasteiger partial charge in [0.1, 0.15) is 18.2 Å². The van der Waals surface area contributed by atoms with Crippen molar-refractivity contribution in [3.63, 3.8) is 0 Å². The quantitative estimate of drug-likeness (QED) is 0.675. The third kappa shape index (κ3) is 2.80. The number of fused-ring (bicyclic) bond motifs is 1. The second kappa shape index (κ2) is 6.28. The van der Waals surface area contributed by atoms with Crippen molar-refractivity contribution in [1.29, 1.82) is 0 Å². The van der Waals surface area contributed by atoms with Gasteiger partial charge in [-0.3, -0.25) is 4.79 Å². The molecule has 1 aromatic heterocycles. The van der Waals surface area contributed by atoms with Crippen molar-refractivity contribution in [3.8, 4) is 0 Å². The van der Waals surface area contributed by atoms with Crippen molar-refractivity contribution in [2.24, 2.45) is 0 Å². The lowest BCUT2D eigenvalue weighted by Gasteiger charge is -2.18. The van der Waals surface area contributed by atoms with Crippen LogP contribution in [0.5, 0.6) is 0 Å². The monoisotopic (exact) mass is 333 g/mol. The number of benzene rings is 2. The Kier molecular flexibility index (Phi) is 3.82. The first-order chi connectivity index (χ1) is 12.2. The molecule has 1 aliphatic heterocycles. The fourth-order valence-corrected chi connectivity index (χ4v) is 2.97. The van der Waals surface area contributed by atoms with Gasteiger partial charge in [-0.05, 0) is 17.7 Å². The maximum Gasteiger partial charge on any atom is 0.417 e. The van der Waals surface area contributed by atoms with E-state index in [4.69, 9.17) is 9.15 Å². The van der Waals surface area contributed by atoms with Crippen molar-refractivity contribution < 1.29 is 18.7 Å². The molecule has 3 aromatic rings. The number of imide groups is 1. The predicted octanol–water partition coefficient (Wildman–Crippen LogP) is 4.17. The minimum atomic E-state index is -0.625. The van der Waals surface area contributed by atoms with Crippen LogP contribution in [0.25, 0.3) is 17.0 Å². The molecular formula is C20H15NO4. The number of rotatable bonds is 3. The highest BCUT2D eigenvalue weighted by Crippen LogP contribution is 2.28. The largest absolute Gasteiger partial charge is 0.464 e. The third-order valence-corrected chi connectivity index (χ3v) is 4.21. The summed E-state index contributed by atoms with van der Waals surface area (Å²) in [6.07, 6.45) is 4.01. The Morgan fingerprint density at radius 2 is 1.92 bits per heavy atom. The van der Waals surface area contributed by atoms with Gasteiger partial charge in [-0.25, -0.2) is 9.69 Å². The van der Waals surface area contributed by atoms with Crippen LogP contribution < -0.4 is 0 Å². The van der Waals surface area contributed by atoms with Gasteiger partial charge in [0.05, 0.1) is 6.26 Å². The van der Waals surface area contributed by atoms with Gasteiger partial charge >= 0.3 is 6.09 Å². The molecule has 5 nitrogen and oxygen atoms in total. The number of hydrogen-bond acceptors (Lipinski definition) is 4. The standard InChI is InChI=1S/C20H15NO4/c22-18(10-9-15-7-4-8-16-11-12-24-19(15)16)21-17(13-25-20(21)23)14-5-2-1-3-6-14/h1-12,17H,13H2/b10-9+/t17-/m1/s1. The van der Waals surface area contributed by atoms with Crippen molar-refractivity contribution in [3.05, 3.63) is 78.1 Å². The van der Waals surface area contributed by atoms with Gasteiger partial charge < -0.3 is 9.15 Å². The van der Waals surface area contributed by atoms with E-state index in [1.54, 1.807) is 12.3 Å². The summed E-state index contributed by atoms with van der Waals surface area (Å²) >= 11 is 0. The van der Waals surface area contributed by atoms with Gasteiger partial charge in [0.2, 0.25) is 0 Å². The van der Waals surface area contributed by atoms with Crippen molar-refractivity contribution in [2.75, 3.05) is 6.61 Å². The Labute approximate surface area is 144 Å². The van der Waals surface area contributed by atoms with E-state index in [2.05, 4.69) is 0 Å². The van der Waals surface area contributed by atoms with E-state index >= 15 is 0 Å². The average Bonchev–Trinajstić information content (AvgIpc) is 3.27. The summed E-state index contributed by atoms with van der Waals surface area (Å²) in [5.74, 6) is -0.417. The number of carbonyl (C=O) groups excluding carboxylic acids is 2. The van der Waals surface area contributed by atoms with E-state index in [1.165, 1.54) is 6.08 Å². The first kappa shape index (κ1) is 15.2. The SMILES string of the molecule is O=C(/C=C/c1cccc2ccoc12)N1C(=O)OC[C@@H]1c1ccccc1. The lowest BCUT2D eigenvalue weighted by atomic mass is 10.1. The molecule has 4 rings (SSSR count). The van der Waals surface area contributed by atoms with Gasteiger partial charge in [-0.2, -0.15) is 0 Å². The van der Waals surface area contributed by atoms with E-state index in [1.807, 2.05) is 54.6 Å². The molecule has 0 unspecified atom stereocenters. The van der Waals surface area contributed by atoms with E-state index < -0.39 is 18.0 Å². The predicted molar refractivity (Wildman–Crippen MR) is 92.6 cm³/mol. The Hall–Kier alpha value is -3.34. The maximum atomic E-state index is 12.6. The van der Waals surface area contributed by atoms with E-state index in [-0.39, 0.29) is 6.61 Å². The Morgan fingerprint density at radius 1 is 1.08 bits per heavy atom. The number of para-hydroxylation sites is 1. The molecule has 1 aliphatic rings. The molecule has 0 bridgehead atoms.